The smallest absolute Gasteiger partial charge is 0.545 e. The molecule has 16 heavy (non-hydrogen) atoms. The van der Waals surface area contributed by atoms with Crippen molar-refractivity contribution in [2.75, 3.05) is 7.11 Å². The van der Waals surface area contributed by atoms with Crippen molar-refractivity contribution in [3.8, 4) is 0 Å². The van der Waals surface area contributed by atoms with E-state index in [1.54, 1.807) is 6.92 Å². The molecule has 6 heteroatoms. The van der Waals surface area contributed by atoms with Crippen LogP contribution in [0.25, 0.3) is 6.08 Å². The number of halogens is 1. The van der Waals surface area contributed by atoms with Crippen LogP contribution in [-0.2, 0) is 4.74 Å². The van der Waals surface area contributed by atoms with Crippen LogP contribution in [0.4, 0.5) is 0 Å². The predicted molar refractivity (Wildman–Crippen MR) is 54.4 cm³/mol. The number of aromatic nitrogens is 1. The van der Waals surface area contributed by atoms with Gasteiger partial charge in [0.1, 0.15) is 5.15 Å². The molecule has 0 N–H and O–H groups in total. The molecule has 1 aromatic rings. The monoisotopic (exact) mass is 249 g/mol. The number of carboxylic acid groups (broad SMARTS) is 1. The van der Waals surface area contributed by atoms with Crippen LogP contribution < -0.4 is 34.7 Å². The van der Waals surface area contributed by atoms with Crippen LogP contribution >= 0.6 is 11.6 Å². The molecule has 0 aliphatic carbocycles. The summed E-state index contributed by atoms with van der Waals surface area (Å²) in [6.07, 6.45) is 2.74. The maximum atomic E-state index is 10.8. The summed E-state index contributed by atoms with van der Waals surface area (Å²) in [7, 11) is 1.45. The van der Waals surface area contributed by atoms with Crippen LogP contribution in [0.3, 0.4) is 0 Å². The van der Waals surface area contributed by atoms with E-state index in [0.29, 0.717) is 5.56 Å². The SMILES string of the molecule is CO/C=C/c1nc(Cl)cc(C)c1C(=O)[O-].[Na+]. The van der Waals surface area contributed by atoms with Crippen molar-refractivity contribution in [2.45, 2.75) is 6.92 Å². The molecule has 0 fully saturated rings. The summed E-state index contributed by atoms with van der Waals surface area (Å²) < 4.78 is 4.68. The molecule has 0 amide bonds. The number of ether oxygens (including phenoxy) is 1. The van der Waals surface area contributed by atoms with Crippen molar-refractivity contribution in [2.24, 2.45) is 0 Å². The Morgan fingerprint density at radius 1 is 1.62 bits per heavy atom. The zero-order chi connectivity index (χ0) is 11.4. The maximum Gasteiger partial charge on any atom is 1.00 e. The van der Waals surface area contributed by atoms with Gasteiger partial charge in [0.25, 0.3) is 0 Å². The van der Waals surface area contributed by atoms with Gasteiger partial charge in [-0.2, -0.15) is 0 Å². The Labute approximate surface area is 121 Å². The molecule has 0 unspecified atom stereocenters. The van der Waals surface area contributed by atoms with E-state index in [1.807, 2.05) is 0 Å². The first-order chi connectivity index (χ1) is 7.06. The summed E-state index contributed by atoms with van der Waals surface area (Å²) >= 11 is 5.71. The number of hydrogen-bond acceptors (Lipinski definition) is 4. The summed E-state index contributed by atoms with van der Waals surface area (Å²) in [6.45, 7) is 1.63. The number of methoxy groups -OCH3 is 1. The third kappa shape index (κ3) is 3.79. The zero-order valence-electron chi connectivity index (χ0n) is 9.28. The van der Waals surface area contributed by atoms with E-state index in [2.05, 4.69) is 9.72 Å². The first kappa shape index (κ1) is 15.4. The fourth-order valence-corrected chi connectivity index (χ4v) is 1.43. The summed E-state index contributed by atoms with van der Waals surface area (Å²) in [5, 5.41) is 11.1. The number of aromatic carboxylic acids is 1. The normalized spacial score (nSPS) is 9.94. The van der Waals surface area contributed by atoms with Gasteiger partial charge in [0.05, 0.1) is 25.0 Å². The van der Waals surface area contributed by atoms with Crippen LogP contribution in [0.2, 0.25) is 5.15 Å². The number of aryl methyl sites for hydroxylation is 1. The average molecular weight is 250 g/mol. The van der Waals surface area contributed by atoms with Crippen LogP contribution in [0.1, 0.15) is 21.6 Å². The minimum absolute atomic E-state index is 0. The molecule has 0 bridgehead atoms. The molecule has 0 saturated carbocycles. The van der Waals surface area contributed by atoms with Gasteiger partial charge >= 0.3 is 29.6 Å². The molecule has 80 valence electrons. The molecule has 0 atom stereocenters. The molecule has 0 aliphatic rings. The van der Waals surface area contributed by atoms with E-state index in [4.69, 9.17) is 11.6 Å². The van der Waals surface area contributed by atoms with Gasteiger partial charge in [-0.1, -0.05) is 11.6 Å². The Morgan fingerprint density at radius 2 is 2.25 bits per heavy atom. The molecule has 0 aliphatic heterocycles. The Kier molecular flexibility index (Phi) is 6.67. The molecule has 1 heterocycles. The summed E-state index contributed by atoms with van der Waals surface area (Å²) in [5.74, 6) is -1.28. The Morgan fingerprint density at radius 3 is 2.75 bits per heavy atom. The zero-order valence-corrected chi connectivity index (χ0v) is 12.0. The van der Waals surface area contributed by atoms with Crippen LogP contribution in [0.5, 0.6) is 0 Å². The van der Waals surface area contributed by atoms with Gasteiger partial charge in [-0.15, -0.1) is 0 Å². The molecule has 0 radical (unpaired) electrons. The van der Waals surface area contributed by atoms with Gasteiger partial charge in [0.15, 0.2) is 0 Å². The number of carboxylic acids is 1. The van der Waals surface area contributed by atoms with Gasteiger partial charge in [-0.25, -0.2) is 4.98 Å². The number of rotatable bonds is 3. The van der Waals surface area contributed by atoms with E-state index in [1.165, 1.54) is 25.5 Å². The summed E-state index contributed by atoms with van der Waals surface area (Å²) in [5.41, 5.74) is 0.750. The first-order valence-electron chi connectivity index (χ1n) is 4.14. The van der Waals surface area contributed by atoms with Crippen LogP contribution in [-0.4, -0.2) is 18.1 Å². The Hall–Kier alpha value is -0.550. The molecular formula is C10H9ClNNaO3. The molecule has 1 rings (SSSR count). The maximum absolute atomic E-state index is 10.8. The van der Waals surface area contributed by atoms with Gasteiger partial charge in [0, 0.05) is 5.56 Å². The van der Waals surface area contributed by atoms with E-state index in [-0.39, 0.29) is 46.0 Å². The predicted octanol–water partition coefficient (Wildman–Crippen LogP) is -1.97. The number of carbonyl (C=O) groups is 1. The molecule has 1 aromatic heterocycles. The fraction of sp³-hybridized carbons (Fsp3) is 0.200. The van der Waals surface area contributed by atoms with Gasteiger partial charge in [-0.05, 0) is 24.6 Å². The molecule has 0 spiro atoms. The van der Waals surface area contributed by atoms with Crippen molar-refractivity contribution in [1.82, 2.24) is 4.98 Å². The van der Waals surface area contributed by atoms with E-state index < -0.39 is 5.97 Å². The van der Waals surface area contributed by atoms with Crippen molar-refractivity contribution in [3.63, 3.8) is 0 Å². The number of pyridine rings is 1. The van der Waals surface area contributed by atoms with Crippen molar-refractivity contribution >= 4 is 23.6 Å². The number of hydrogen-bond donors (Lipinski definition) is 0. The van der Waals surface area contributed by atoms with Crippen molar-refractivity contribution in [1.29, 1.82) is 0 Å². The average Bonchev–Trinajstić information content (AvgIpc) is 2.12. The summed E-state index contributed by atoms with van der Waals surface area (Å²) in [6, 6.07) is 1.47. The van der Waals surface area contributed by atoms with Gasteiger partial charge < -0.3 is 14.6 Å². The van der Waals surface area contributed by atoms with Gasteiger partial charge in [0.2, 0.25) is 0 Å². The standard InChI is InChI=1S/C10H10ClNO3.Na/c1-6-5-8(11)12-7(3-4-15-2)9(6)10(13)14;/h3-5H,1-2H3,(H,13,14);/q;+1/p-1/b4-3+;. The largest absolute Gasteiger partial charge is 1.00 e. The topological polar surface area (TPSA) is 62.2 Å². The van der Waals surface area contributed by atoms with Crippen LogP contribution in [0, 0.1) is 6.92 Å². The number of nitrogens with zero attached hydrogens (tertiary/aromatic N) is 1. The minimum atomic E-state index is -1.28. The minimum Gasteiger partial charge on any atom is -0.545 e. The number of carbonyl (C=O) groups excluding carboxylic acids is 1. The molecular weight excluding hydrogens is 241 g/mol. The van der Waals surface area contributed by atoms with E-state index in [9.17, 15) is 9.90 Å². The third-order valence-corrected chi connectivity index (χ3v) is 1.97. The second-order valence-electron chi connectivity index (χ2n) is 2.85. The van der Waals surface area contributed by atoms with Gasteiger partial charge in [-0.3, -0.25) is 0 Å². The van der Waals surface area contributed by atoms with E-state index >= 15 is 0 Å². The van der Waals surface area contributed by atoms with Crippen molar-refractivity contribution < 1.29 is 44.2 Å². The molecule has 0 aromatic carbocycles. The quantitative estimate of drug-likeness (QED) is 0.354. The second kappa shape index (κ2) is 6.91. The van der Waals surface area contributed by atoms with Crippen molar-refractivity contribution in [3.05, 3.63) is 34.3 Å². The molecule has 0 saturated heterocycles. The third-order valence-electron chi connectivity index (χ3n) is 1.78. The van der Waals surface area contributed by atoms with E-state index in [0.717, 1.165) is 0 Å². The van der Waals surface area contributed by atoms with Crippen LogP contribution in [0.15, 0.2) is 12.3 Å². The first-order valence-corrected chi connectivity index (χ1v) is 4.52. The fourth-order valence-electron chi connectivity index (χ4n) is 1.17. The Balaban J connectivity index is 0.00000225. The summed E-state index contributed by atoms with van der Waals surface area (Å²) in [4.78, 5) is 14.7. The molecule has 4 nitrogen and oxygen atoms in total. The second-order valence-corrected chi connectivity index (χ2v) is 3.24. The Bertz CT molecular complexity index is 421.